The summed E-state index contributed by atoms with van der Waals surface area (Å²) < 4.78 is 85.0. The highest BCUT2D eigenvalue weighted by Gasteiger charge is 2.44. The quantitative estimate of drug-likeness (QED) is 0.573. The highest BCUT2D eigenvalue weighted by Crippen LogP contribution is 2.35. The summed E-state index contributed by atoms with van der Waals surface area (Å²) in [6.45, 7) is 0. The number of hydrogen-bond donors (Lipinski definition) is 1. The summed E-state index contributed by atoms with van der Waals surface area (Å²) in [6.07, 6.45) is -9.12. The number of ether oxygens (including phenoxy) is 2. The van der Waals surface area contributed by atoms with Gasteiger partial charge in [0.1, 0.15) is 11.5 Å². The molecule has 4 nitrogen and oxygen atoms in total. The summed E-state index contributed by atoms with van der Waals surface area (Å²) in [5.74, 6) is -3.30. The summed E-state index contributed by atoms with van der Waals surface area (Å²) in [5.41, 5.74) is -2.39. The Balaban J connectivity index is 3.21. The van der Waals surface area contributed by atoms with E-state index in [2.05, 4.69) is 32.7 Å². The van der Waals surface area contributed by atoms with Gasteiger partial charge in [0, 0.05) is 6.07 Å². The van der Waals surface area contributed by atoms with Gasteiger partial charge in [-0.1, -0.05) is 23.2 Å². The largest absolute Gasteiger partial charge is 0.444 e. The molecule has 130 valence electrons. The molecule has 1 rings (SSSR count). The molecular weight excluding hydrogens is 379 g/mol. The number of benzene rings is 1. The van der Waals surface area contributed by atoms with E-state index in [-0.39, 0.29) is 0 Å². The van der Waals surface area contributed by atoms with Crippen LogP contribution in [0.25, 0.3) is 0 Å². The predicted octanol–water partition coefficient (Wildman–Crippen LogP) is 3.80. The standard InChI is InChI=1S/C11H7Cl2F6NO3/c12-8(14)10(16,17)22-4-1-2-5(7(20)21)6(3-4)23-11(18,19)9(13)15/h1-3,8-9H,(H2,20,21)/t8-,9-/m0/s1. The molecule has 0 bridgehead atoms. The maximum absolute atomic E-state index is 13.1. The lowest BCUT2D eigenvalue weighted by atomic mass is 10.2. The second kappa shape index (κ2) is 6.91. The summed E-state index contributed by atoms with van der Waals surface area (Å²) in [6, 6.07) is 1.70. The molecule has 12 heteroatoms. The van der Waals surface area contributed by atoms with E-state index in [0.29, 0.717) is 18.2 Å². The fourth-order valence-electron chi connectivity index (χ4n) is 1.25. The van der Waals surface area contributed by atoms with Crippen LogP contribution in [0.2, 0.25) is 0 Å². The summed E-state index contributed by atoms with van der Waals surface area (Å²) in [4.78, 5) is 11.1. The number of nitrogens with two attached hydrogens (primary N) is 1. The molecule has 1 aromatic carbocycles. The van der Waals surface area contributed by atoms with Crippen molar-refractivity contribution in [3.8, 4) is 11.5 Å². The van der Waals surface area contributed by atoms with Crippen LogP contribution < -0.4 is 15.2 Å². The molecule has 0 heterocycles. The van der Waals surface area contributed by atoms with Crippen LogP contribution in [-0.4, -0.2) is 29.4 Å². The molecule has 23 heavy (non-hydrogen) atoms. The van der Waals surface area contributed by atoms with Crippen molar-refractivity contribution in [3.63, 3.8) is 0 Å². The Morgan fingerprint density at radius 1 is 1.04 bits per heavy atom. The third-order valence-corrected chi connectivity index (χ3v) is 2.73. The van der Waals surface area contributed by atoms with Crippen LogP contribution in [0.4, 0.5) is 26.3 Å². The molecule has 1 amide bonds. The molecule has 0 aliphatic heterocycles. The van der Waals surface area contributed by atoms with Gasteiger partial charge in [-0.25, -0.2) is 8.78 Å². The first kappa shape index (κ1) is 19.5. The molecule has 0 unspecified atom stereocenters. The number of halogens is 8. The minimum Gasteiger partial charge on any atom is -0.429 e. The van der Waals surface area contributed by atoms with Crippen molar-refractivity contribution in [1.82, 2.24) is 0 Å². The molecule has 0 aliphatic carbocycles. The predicted molar refractivity (Wildman–Crippen MR) is 67.6 cm³/mol. The van der Waals surface area contributed by atoms with Gasteiger partial charge in [-0.05, 0) is 12.1 Å². The molecule has 2 atom stereocenters. The fraction of sp³-hybridized carbons (Fsp3) is 0.364. The number of alkyl halides is 8. The van der Waals surface area contributed by atoms with Crippen LogP contribution in [0.1, 0.15) is 10.4 Å². The Labute approximate surface area is 135 Å². The monoisotopic (exact) mass is 385 g/mol. The maximum Gasteiger partial charge on any atom is 0.444 e. The van der Waals surface area contributed by atoms with E-state index in [0.717, 1.165) is 0 Å². The van der Waals surface area contributed by atoms with E-state index in [1.165, 1.54) is 0 Å². The van der Waals surface area contributed by atoms with Crippen LogP contribution in [0.5, 0.6) is 11.5 Å². The topological polar surface area (TPSA) is 61.6 Å². The van der Waals surface area contributed by atoms with Gasteiger partial charge < -0.3 is 15.2 Å². The zero-order valence-corrected chi connectivity index (χ0v) is 12.2. The van der Waals surface area contributed by atoms with Gasteiger partial charge in [-0.2, -0.15) is 17.6 Å². The van der Waals surface area contributed by atoms with Crippen molar-refractivity contribution in [2.24, 2.45) is 5.73 Å². The highest BCUT2D eigenvalue weighted by atomic mass is 35.5. The molecule has 2 N–H and O–H groups in total. The van der Waals surface area contributed by atoms with Gasteiger partial charge in [-0.3, -0.25) is 4.79 Å². The number of rotatable bonds is 7. The zero-order valence-electron chi connectivity index (χ0n) is 10.7. The summed E-state index contributed by atoms with van der Waals surface area (Å²) in [7, 11) is 0. The van der Waals surface area contributed by atoms with Crippen molar-refractivity contribution < 1.29 is 40.6 Å². The smallest absolute Gasteiger partial charge is 0.429 e. The Hall–Kier alpha value is -1.55. The molecular formula is C11H7Cl2F6NO3. The highest BCUT2D eigenvalue weighted by molar-refractivity contribution is 6.20. The van der Waals surface area contributed by atoms with E-state index in [4.69, 9.17) is 5.73 Å². The first-order valence-corrected chi connectivity index (χ1v) is 6.38. The summed E-state index contributed by atoms with van der Waals surface area (Å²) in [5, 5.41) is 0. The van der Waals surface area contributed by atoms with Crippen molar-refractivity contribution in [2.75, 3.05) is 0 Å². The third-order valence-electron chi connectivity index (χ3n) is 2.23. The van der Waals surface area contributed by atoms with Crippen LogP contribution in [-0.2, 0) is 0 Å². The van der Waals surface area contributed by atoms with Gasteiger partial charge in [0.15, 0.2) is 0 Å². The van der Waals surface area contributed by atoms with E-state index in [9.17, 15) is 31.1 Å². The molecule has 0 aliphatic rings. The number of amides is 1. The van der Waals surface area contributed by atoms with Gasteiger partial charge in [0.2, 0.25) is 0 Å². The van der Waals surface area contributed by atoms with Gasteiger partial charge in [-0.15, -0.1) is 0 Å². The average molecular weight is 386 g/mol. The van der Waals surface area contributed by atoms with E-state index in [1.54, 1.807) is 0 Å². The lowest BCUT2D eigenvalue weighted by Gasteiger charge is -2.21. The van der Waals surface area contributed by atoms with Crippen molar-refractivity contribution in [2.45, 2.75) is 23.5 Å². The Bertz CT molecular complexity index is 585. The lowest BCUT2D eigenvalue weighted by Crippen LogP contribution is -2.34. The normalized spacial score (nSPS) is 15.0. The van der Waals surface area contributed by atoms with E-state index >= 15 is 0 Å². The second-order valence-corrected chi connectivity index (χ2v) is 4.72. The van der Waals surface area contributed by atoms with Crippen LogP contribution in [0.15, 0.2) is 18.2 Å². The third kappa shape index (κ3) is 4.96. The van der Waals surface area contributed by atoms with E-state index in [1.807, 2.05) is 0 Å². The van der Waals surface area contributed by atoms with Crippen molar-refractivity contribution >= 4 is 29.1 Å². The Morgan fingerprint density at radius 2 is 1.52 bits per heavy atom. The molecule has 0 saturated carbocycles. The van der Waals surface area contributed by atoms with Gasteiger partial charge >= 0.3 is 12.2 Å². The second-order valence-electron chi connectivity index (χ2n) is 3.95. The molecule has 0 aromatic heterocycles. The summed E-state index contributed by atoms with van der Waals surface area (Å²) >= 11 is 9.12. The molecule has 0 saturated heterocycles. The van der Waals surface area contributed by atoms with Gasteiger partial charge in [0.25, 0.3) is 17.2 Å². The minimum absolute atomic E-state index is 0.348. The molecule has 0 radical (unpaired) electrons. The van der Waals surface area contributed by atoms with Crippen LogP contribution >= 0.6 is 23.2 Å². The van der Waals surface area contributed by atoms with Gasteiger partial charge in [0.05, 0.1) is 5.56 Å². The van der Waals surface area contributed by atoms with Crippen LogP contribution in [0.3, 0.4) is 0 Å². The number of primary amides is 1. The zero-order chi connectivity index (χ0) is 18.0. The first-order chi connectivity index (χ1) is 10.4. The number of carbonyl (C=O) groups is 1. The minimum atomic E-state index is -4.61. The molecule has 0 fully saturated rings. The number of carbonyl (C=O) groups excluding carboxylic acids is 1. The fourth-order valence-corrected chi connectivity index (χ4v) is 1.34. The molecule has 0 spiro atoms. The SMILES string of the molecule is NC(=O)c1ccc(OC(F)(F)[C@H](F)Cl)cc1OC(F)(F)[C@H](F)Cl. The van der Waals surface area contributed by atoms with Crippen molar-refractivity contribution in [1.29, 1.82) is 0 Å². The lowest BCUT2D eigenvalue weighted by molar-refractivity contribution is -0.202. The van der Waals surface area contributed by atoms with E-state index < -0.39 is 46.4 Å². The number of hydrogen-bond acceptors (Lipinski definition) is 3. The maximum atomic E-state index is 13.1. The Morgan fingerprint density at radius 3 is 1.96 bits per heavy atom. The van der Waals surface area contributed by atoms with Crippen LogP contribution in [0, 0.1) is 0 Å². The average Bonchev–Trinajstić information content (AvgIpc) is 2.37. The molecule has 1 aromatic rings. The Kier molecular flexibility index (Phi) is 5.86. The van der Waals surface area contributed by atoms with Crippen molar-refractivity contribution in [3.05, 3.63) is 23.8 Å². The first-order valence-electron chi connectivity index (χ1n) is 5.50.